The second-order valence-corrected chi connectivity index (χ2v) is 10.3. The molecule has 0 aliphatic carbocycles. The smallest absolute Gasteiger partial charge is 0.264 e. The number of aryl methyl sites for hydroxylation is 1. The van der Waals surface area contributed by atoms with Gasteiger partial charge in [-0.25, -0.2) is 13.8 Å². The molecule has 6 nitrogen and oxygen atoms in total. The van der Waals surface area contributed by atoms with Crippen LogP contribution in [0.25, 0.3) is 0 Å². The van der Waals surface area contributed by atoms with E-state index < -0.39 is 22.5 Å². The fraction of sp³-hybridized carbons (Fsp3) is 0.0909. The number of benzene rings is 3. The molecule has 3 aromatic carbocycles. The van der Waals surface area contributed by atoms with E-state index in [1.807, 2.05) is 31.2 Å². The highest BCUT2D eigenvalue weighted by molar-refractivity contribution is 9.10. The van der Waals surface area contributed by atoms with Crippen LogP contribution < -0.4 is 9.73 Å². The maximum Gasteiger partial charge on any atom is 0.264 e. The fourth-order valence-electron chi connectivity index (χ4n) is 2.69. The summed E-state index contributed by atoms with van der Waals surface area (Å²) in [5.41, 5.74) is 4.49. The first kappa shape index (κ1) is 23.2. The summed E-state index contributed by atoms with van der Waals surface area (Å²) in [6.45, 7) is 1.45. The van der Waals surface area contributed by atoms with E-state index in [4.69, 9.17) is 0 Å². The van der Waals surface area contributed by atoms with Crippen molar-refractivity contribution in [3.05, 3.63) is 92.9 Å². The van der Waals surface area contributed by atoms with Gasteiger partial charge in [0, 0.05) is 8.95 Å². The minimum absolute atomic E-state index is 0.103. The largest absolute Gasteiger partial charge is 0.271 e. The van der Waals surface area contributed by atoms with E-state index >= 15 is 0 Å². The van der Waals surface area contributed by atoms with Crippen LogP contribution in [0.5, 0.6) is 0 Å². The second kappa shape index (κ2) is 10.2. The van der Waals surface area contributed by atoms with Crippen molar-refractivity contribution in [1.29, 1.82) is 0 Å². The summed E-state index contributed by atoms with van der Waals surface area (Å²) in [6.07, 6.45) is 1.49. The van der Waals surface area contributed by atoms with Gasteiger partial charge in [0.05, 0.1) is 16.8 Å². The van der Waals surface area contributed by atoms with Gasteiger partial charge in [-0.05, 0) is 61.0 Å². The van der Waals surface area contributed by atoms with Gasteiger partial charge in [0.15, 0.2) is 0 Å². The molecule has 1 amide bonds. The van der Waals surface area contributed by atoms with Crippen LogP contribution in [0, 0.1) is 6.92 Å². The fourth-order valence-corrected chi connectivity index (χ4v) is 4.79. The number of nitrogens with zero attached hydrogens (tertiary/aromatic N) is 2. The van der Waals surface area contributed by atoms with Crippen molar-refractivity contribution in [2.45, 2.75) is 11.8 Å². The first-order valence-electron chi connectivity index (χ1n) is 9.18. The third kappa shape index (κ3) is 6.25. The van der Waals surface area contributed by atoms with Crippen molar-refractivity contribution in [3.63, 3.8) is 0 Å². The van der Waals surface area contributed by atoms with Crippen LogP contribution in [-0.4, -0.2) is 27.1 Å². The first-order chi connectivity index (χ1) is 14.8. The second-order valence-electron chi connectivity index (χ2n) is 6.65. The molecule has 9 heteroatoms. The topological polar surface area (TPSA) is 78.8 Å². The van der Waals surface area contributed by atoms with Gasteiger partial charge in [0.1, 0.15) is 6.54 Å². The zero-order valence-corrected chi connectivity index (χ0v) is 20.5. The van der Waals surface area contributed by atoms with E-state index in [1.165, 1.54) is 18.3 Å². The molecule has 31 heavy (non-hydrogen) atoms. The molecule has 0 radical (unpaired) electrons. The number of rotatable bonds is 7. The van der Waals surface area contributed by atoms with Gasteiger partial charge in [0.25, 0.3) is 15.9 Å². The molecular weight excluding hydrogens is 546 g/mol. The third-order valence-corrected chi connectivity index (χ3v) is 7.07. The molecular formula is C22H19Br2N3O3S. The van der Waals surface area contributed by atoms with Crippen LogP contribution >= 0.6 is 31.9 Å². The van der Waals surface area contributed by atoms with Crippen molar-refractivity contribution in [2.24, 2.45) is 5.10 Å². The number of carbonyl (C=O) groups is 1. The van der Waals surface area contributed by atoms with Crippen LogP contribution in [-0.2, 0) is 14.8 Å². The van der Waals surface area contributed by atoms with Crippen LogP contribution in [0.2, 0.25) is 0 Å². The average Bonchev–Trinajstić information content (AvgIpc) is 2.73. The van der Waals surface area contributed by atoms with Gasteiger partial charge in [-0.1, -0.05) is 61.7 Å². The SMILES string of the molecule is Cc1ccc(S(=O)(=O)N(CC(=O)N/N=C\c2cccc(Br)c2)c2ccc(Br)cc2)cc1. The summed E-state index contributed by atoms with van der Waals surface area (Å²) in [5, 5.41) is 3.94. The Kier molecular flexibility index (Phi) is 7.64. The van der Waals surface area contributed by atoms with Gasteiger partial charge in [-0.15, -0.1) is 0 Å². The Morgan fingerprint density at radius 3 is 2.32 bits per heavy atom. The molecule has 3 aromatic rings. The van der Waals surface area contributed by atoms with Crippen LogP contribution in [0.1, 0.15) is 11.1 Å². The zero-order chi connectivity index (χ0) is 22.4. The lowest BCUT2D eigenvalue weighted by atomic mass is 10.2. The van der Waals surface area contributed by atoms with E-state index in [2.05, 4.69) is 42.4 Å². The lowest BCUT2D eigenvalue weighted by Gasteiger charge is -2.23. The van der Waals surface area contributed by atoms with Crippen molar-refractivity contribution in [1.82, 2.24) is 5.43 Å². The average molecular weight is 565 g/mol. The van der Waals surface area contributed by atoms with Crippen molar-refractivity contribution in [3.8, 4) is 0 Å². The lowest BCUT2D eigenvalue weighted by molar-refractivity contribution is -0.119. The number of carbonyl (C=O) groups excluding carboxylic acids is 1. The van der Waals surface area contributed by atoms with E-state index in [0.717, 1.165) is 24.4 Å². The molecule has 0 aromatic heterocycles. The molecule has 0 saturated heterocycles. The highest BCUT2D eigenvalue weighted by atomic mass is 79.9. The number of anilines is 1. The van der Waals surface area contributed by atoms with Crippen LogP contribution in [0.3, 0.4) is 0 Å². The molecule has 0 heterocycles. The zero-order valence-electron chi connectivity index (χ0n) is 16.5. The first-order valence-corrected chi connectivity index (χ1v) is 12.2. The highest BCUT2D eigenvalue weighted by Crippen LogP contribution is 2.25. The minimum atomic E-state index is -3.96. The molecule has 0 bridgehead atoms. The van der Waals surface area contributed by atoms with E-state index in [-0.39, 0.29) is 4.90 Å². The monoisotopic (exact) mass is 563 g/mol. The van der Waals surface area contributed by atoms with Crippen LogP contribution in [0.15, 0.2) is 91.7 Å². The number of hydrogen-bond donors (Lipinski definition) is 1. The predicted octanol–water partition coefficient (Wildman–Crippen LogP) is 4.87. The summed E-state index contributed by atoms with van der Waals surface area (Å²) in [5.74, 6) is -0.565. The molecule has 0 aliphatic heterocycles. The predicted molar refractivity (Wildman–Crippen MR) is 130 cm³/mol. The summed E-state index contributed by atoms with van der Waals surface area (Å²) in [6, 6.07) is 20.6. The molecule has 160 valence electrons. The van der Waals surface area contributed by atoms with E-state index in [0.29, 0.717) is 5.69 Å². The summed E-state index contributed by atoms with van der Waals surface area (Å²) in [4.78, 5) is 12.6. The normalized spacial score (nSPS) is 11.5. The third-order valence-electron chi connectivity index (χ3n) is 4.26. The Morgan fingerprint density at radius 2 is 1.68 bits per heavy atom. The Bertz CT molecular complexity index is 1200. The molecule has 0 spiro atoms. The van der Waals surface area contributed by atoms with Crippen molar-refractivity contribution >= 4 is 59.7 Å². The Hall–Kier alpha value is -2.49. The Labute approximate surface area is 198 Å². The molecule has 0 aliphatic rings. The minimum Gasteiger partial charge on any atom is -0.271 e. The van der Waals surface area contributed by atoms with E-state index in [1.54, 1.807) is 36.4 Å². The maximum absolute atomic E-state index is 13.3. The number of hydrazone groups is 1. The summed E-state index contributed by atoms with van der Waals surface area (Å²) in [7, 11) is -3.96. The molecule has 0 atom stereocenters. The molecule has 0 saturated carbocycles. The maximum atomic E-state index is 13.3. The number of amides is 1. The van der Waals surface area contributed by atoms with Gasteiger partial charge in [0.2, 0.25) is 0 Å². The number of hydrogen-bond acceptors (Lipinski definition) is 4. The number of nitrogens with one attached hydrogen (secondary N) is 1. The van der Waals surface area contributed by atoms with Gasteiger partial charge in [-0.2, -0.15) is 5.10 Å². The van der Waals surface area contributed by atoms with Crippen molar-refractivity contribution < 1.29 is 13.2 Å². The van der Waals surface area contributed by atoms with Crippen LogP contribution in [0.4, 0.5) is 5.69 Å². The van der Waals surface area contributed by atoms with Gasteiger partial charge in [-0.3, -0.25) is 9.10 Å². The van der Waals surface area contributed by atoms with Crippen molar-refractivity contribution in [2.75, 3.05) is 10.8 Å². The number of halogens is 2. The summed E-state index contributed by atoms with van der Waals surface area (Å²) < 4.78 is 29.3. The quantitative estimate of drug-likeness (QED) is 0.328. The molecule has 0 fully saturated rings. The standard InChI is InChI=1S/C22H19Br2N3O3S/c1-16-5-11-21(12-6-16)31(29,30)27(20-9-7-18(23)8-10-20)15-22(28)26-25-14-17-3-2-4-19(24)13-17/h2-14H,15H2,1H3,(H,26,28)/b25-14-. The summed E-state index contributed by atoms with van der Waals surface area (Å²) >= 11 is 6.71. The lowest BCUT2D eigenvalue weighted by Crippen LogP contribution is -2.39. The molecule has 0 unspecified atom stereocenters. The number of sulfonamides is 1. The molecule has 3 rings (SSSR count). The highest BCUT2D eigenvalue weighted by Gasteiger charge is 2.27. The Morgan fingerprint density at radius 1 is 1.00 bits per heavy atom. The Balaban J connectivity index is 1.83. The van der Waals surface area contributed by atoms with Gasteiger partial charge < -0.3 is 0 Å². The van der Waals surface area contributed by atoms with E-state index in [9.17, 15) is 13.2 Å². The van der Waals surface area contributed by atoms with Gasteiger partial charge >= 0.3 is 0 Å². The molecule has 1 N–H and O–H groups in total.